The molecule has 0 spiro atoms. The van der Waals surface area contributed by atoms with Crippen molar-refractivity contribution in [2.24, 2.45) is 0 Å². The minimum Gasteiger partial charge on any atom is -0.314 e. The summed E-state index contributed by atoms with van der Waals surface area (Å²) in [5, 5.41) is 3.60. The molecule has 1 rings (SSSR count). The zero-order valence-electron chi connectivity index (χ0n) is 9.19. The first-order valence-electron chi connectivity index (χ1n) is 5.35. The van der Waals surface area contributed by atoms with Crippen LogP contribution in [-0.4, -0.2) is 12.6 Å². The molecule has 0 aliphatic heterocycles. The lowest BCUT2D eigenvalue weighted by molar-refractivity contribution is 0.508. The maximum Gasteiger partial charge on any atom is 0.142 e. The van der Waals surface area contributed by atoms with Crippen LogP contribution in [0.2, 0.25) is 5.02 Å². The molecule has 0 saturated carbocycles. The molecule has 0 saturated heterocycles. The van der Waals surface area contributed by atoms with Crippen molar-refractivity contribution in [1.82, 2.24) is 5.32 Å². The molecule has 1 N–H and O–H groups in total. The third kappa shape index (κ3) is 3.47. The van der Waals surface area contributed by atoms with Gasteiger partial charge in [0.25, 0.3) is 0 Å². The molecule has 0 amide bonds. The first kappa shape index (κ1) is 12.5. The van der Waals surface area contributed by atoms with E-state index in [0.29, 0.717) is 6.04 Å². The highest BCUT2D eigenvalue weighted by Crippen LogP contribution is 2.21. The molecule has 0 aromatic heterocycles. The molecule has 84 valence electrons. The van der Waals surface area contributed by atoms with Gasteiger partial charge < -0.3 is 5.32 Å². The van der Waals surface area contributed by atoms with Crippen LogP contribution in [0.5, 0.6) is 0 Å². The van der Waals surface area contributed by atoms with Crippen LogP contribution in [0, 0.1) is 5.82 Å². The lowest BCUT2D eigenvalue weighted by Crippen LogP contribution is -2.30. The highest BCUT2D eigenvalue weighted by molar-refractivity contribution is 6.31. The lowest BCUT2D eigenvalue weighted by atomic mass is 10.0. The number of nitrogens with one attached hydrogen (secondary N) is 1. The fourth-order valence-electron chi connectivity index (χ4n) is 1.62. The van der Waals surface area contributed by atoms with Gasteiger partial charge >= 0.3 is 0 Å². The second-order valence-electron chi connectivity index (χ2n) is 3.58. The van der Waals surface area contributed by atoms with Crippen molar-refractivity contribution in [1.29, 1.82) is 0 Å². The van der Waals surface area contributed by atoms with E-state index in [4.69, 9.17) is 11.6 Å². The molecule has 1 aromatic carbocycles. The second-order valence-corrected chi connectivity index (χ2v) is 3.96. The highest BCUT2D eigenvalue weighted by Gasteiger charge is 2.10. The molecule has 1 aromatic rings. The fraction of sp³-hybridized carbons (Fsp3) is 0.500. The van der Waals surface area contributed by atoms with Crippen LogP contribution in [0.25, 0.3) is 0 Å². The van der Waals surface area contributed by atoms with Gasteiger partial charge in [-0.2, -0.15) is 0 Å². The summed E-state index contributed by atoms with van der Waals surface area (Å²) in [6.07, 6.45) is 1.79. The summed E-state index contributed by atoms with van der Waals surface area (Å²) in [7, 11) is 0. The fourth-order valence-corrected chi connectivity index (χ4v) is 1.82. The standard InChI is InChI=1S/C12H17ClFN/c1-3-10(15-4-2)8-9-6-5-7-11(14)12(9)13/h5-7,10,15H,3-4,8H2,1-2H3. The van der Waals surface area contributed by atoms with E-state index >= 15 is 0 Å². The van der Waals surface area contributed by atoms with Crippen LogP contribution in [0.1, 0.15) is 25.8 Å². The predicted molar refractivity (Wildman–Crippen MR) is 62.9 cm³/mol. The Labute approximate surface area is 95.6 Å². The molecule has 0 aliphatic carbocycles. The average molecular weight is 230 g/mol. The average Bonchev–Trinajstić information content (AvgIpc) is 2.24. The number of hydrogen-bond acceptors (Lipinski definition) is 1. The molecule has 1 unspecified atom stereocenters. The third-order valence-corrected chi connectivity index (χ3v) is 2.91. The van der Waals surface area contributed by atoms with Crippen LogP contribution < -0.4 is 5.32 Å². The van der Waals surface area contributed by atoms with Crippen LogP contribution in [0.3, 0.4) is 0 Å². The number of halogens is 2. The van der Waals surface area contributed by atoms with Crippen molar-refractivity contribution in [3.05, 3.63) is 34.6 Å². The summed E-state index contributed by atoms with van der Waals surface area (Å²) in [5.74, 6) is -0.333. The van der Waals surface area contributed by atoms with E-state index in [2.05, 4.69) is 19.2 Å². The Morgan fingerprint density at radius 1 is 1.40 bits per heavy atom. The van der Waals surface area contributed by atoms with Crippen LogP contribution >= 0.6 is 11.6 Å². The third-order valence-electron chi connectivity index (χ3n) is 2.48. The van der Waals surface area contributed by atoms with E-state index in [0.717, 1.165) is 24.9 Å². The number of hydrogen-bond donors (Lipinski definition) is 1. The van der Waals surface area contributed by atoms with Gasteiger partial charge in [0.1, 0.15) is 5.82 Å². The first-order chi connectivity index (χ1) is 7.19. The topological polar surface area (TPSA) is 12.0 Å². The van der Waals surface area contributed by atoms with Crippen molar-refractivity contribution >= 4 is 11.6 Å². The van der Waals surface area contributed by atoms with Crippen molar-refractivity contribution in [3.63, 3.8) is 0 Å². The minimum atomic E-state index is -0.333. The molecule has 1 atom stereocenters. The van der Waals surface area contributed by atoms with Crippen LogP contribution in [0.15, 0.2) is 18.2 Å². The summed E-state index contributed by atoms with van der Waals surface area (Å²) < 4.78 is 13.2. The molecule has 0 heterocycles. The summed E-state index contributed by atoms with van der Waals surface area (Å²) in [5.41, 5.74) is 0.879. The molecule has 0 bridgehead atoms. The van der Waals surface area contributed by atoms with Crippen molar-refractivity contribution < 1.29 is 4.39 Å². The highest BCUT2D eigenvalue weighted by atomic mass is 35.5. The van der Waals surface area contributed by atoms with Gasteiger partial charge in [0.2, 0.25) is 0 Å². The van der Waals surface area contributed by atoms with Crippen molar-refractivity contribution in [2.45, 2.75) is 32.7 Å². The Balaban J connectivity index is 2.74. The normalized spacial score (nSPS) is 12.8. The maximum atomic E-state index is 13.2. The van der Waals surface area contributed by atoms with Crippen molar-refractivity contribution in [2.75, 3.05) is 6.54 Å². The van der Waals surface area contributed by atoms with Crippen LogP contribution in [0.4, 0.5) is 4.39 Å². The van der Waals surface area contributed by atoms with E-state index in [1.54, 1.807) is 6.07 Å². The van der Waals surface area contributed by atoms with E-state index in [1.165, 1.54) is 6.07 Å². The predicted octanol–water partition coefficient (Wildman–Crippen LogP) is 3.41. The van der Waals surface area contributed by atoms with Gasteiger partial charge in [-0.25, -0.2) is 4.39 Å². The number of likely N-dealkylation sites (N-methyl/N-ethyl adjacent to an activating group) is 1. The first-order valence-corrected chi connectivity index (χ1v) is 5.73. The summed E-state index contributed by atoms with van der Waals surface area (Å²) in [6, 6.07) is 5.34. The molecular formula is C12H17ClFN. The van der Waals surface area contributed by atoms with Gasteiger partial charge in [-0.15, -0.1) is 0 Å². The van der Waals surface area contributed by atoms with Gasteiger partial charge in [-0.1, -0.05) is 37.6 Å². The zero-order chi connectivity index (χ0) is 11.3. The Morgan fingerprint density at radius 3 is 2.73 bits per heavy atom. The monoisotopic (exact) mass is 229 g/mol. The Bertz CT molecular complexity index is 314. The van der Waals surface area contributed by atoms with E-state index in [-0.39, 0.29) is 10.8 Å². The molecule has 15 heavy (non-hydrogen) atoms. The smallest absolute Gasteiger partial charge is 0.142 e. The largest absolute Gasteiger partial charge is 0.314 e. The Morgan fingerprint density at radius 2 is 2.13 bits per heavy atom. The number of benzene rings is 1. The second kappa shape index (κ2) is 6.09. The molecule has 0 aliphatic rings. The molecule has 0 fully saturated rings. The molecule has 3 heteroatoms. The lowest BCUT2D eigenvalue weighted by Gasteiger charge is -2.16. The zero-order valence-corrected chi connectivity index (χ0v) is 9.94. The molecular weight excluding hydrogens is 213 g/mol. The number of rotatable bonds is 5. The van der Waals surface area contributed by atoms with Crippen LogP contribution in [-0.2, 0) is 6.42 Å². The van der Waals surface area contributed by atoms with Gasteiger partial charge in [0.05, 0.1) is 5.02 Å². The van der Waals surface area contributed by atoms with E-state index in [1.807, 2.05) is 6.07 Å². The Hall–Kier alpha value is -0.600. The molecule has 0 radical (unpaired) electrons. The van der Waals surface area contributed by atoms with Gasteiger partial charge in [0, 0.05) is 6.04 Å². The summed E-state index contributed by atoms with van der Waals surface area (Å²) in [4.78, 5) is 0. The SMILES string of the molecule is CCNC(CC)Cc1cccc(F)c1Cl. The van der Waals surface area contributed by atoms with Gasteiger partial charge in [-0.05, 0) is 31.0 Å². The summed E-state index contributed by atoms with van der Waals surface area (Å²) in [6.45, 7) is 5.10. The maximum absolute atomic E-state index is 13.2. The van der Waals surface area contributed by atoms with Gasteiger partial charge in [-0.3, -0.25) is 0 Å². The quantitative estimate of drug-likeness (QED) is 0.816. The summed E-state index contributed by atoms with van der Waals surface area (Å²) >= 11 is 5.89. The van der Waals surface area contributed by atoms with Crippen molar-refractivity contribution in [3.8, 4) is 0 Å². The molecule has 1 nitrogen and oxygen atoms in total. The van der Waals surface area contributed by atoms with Gasteiger partial charge in [0.15, 0.2) is 0 Å². The van der Waals surface area contributed by atoms with E-state index in [9.17, 15) is 4.39 Å². The van der Waals surface area contributed by atoms with E-state index < -0.39 is 0 Å². The minimum absolute atomic E-state index is 0.258. The Kier molecular flexibility index (Phi) is 5.06.